The third-order valence-corrected chi connectivity index (χ3v) is 5.35. The van der Waals surface area contributed by atoms with E-state index in [4.69, 9.17) is 16.3 Å². The van der Waals surface area contributed by atoms with Crippen LogP contribution in [0.4, 0.5) is 5.69 Å². The predicted molar refractivity (Wildman–Crippen MR) is 113 cm³/mol. The zero-order chi connectivity index (χ0) is 20.0. The van der Waals surface area contributed by atoms with E-state index in [9.17, 15) is 9.90 Å². The van der Waals surface area contributed by atoms with Crippen LogP contribution in [0.1, 0.15) is 16.7 Å². The Bertz CT molecular complexity index is 1190. The van der Waals surface area contributed by atoms with Gasteiger partial charge in [0, 0.05) is 33.0 Å². The third-order valence-electron chi connectivity index (χ3n) is 5.12. The minimum atomic E-state index is -1.80. The Morgan fingerprint density at radius 1 is 0.931 bits per heavy atom. The number of nitrogens with one attached hydrogen (secondary N) is 1. The van der Waals surface area contributed by atoms with Crippen molar-refractivity contribution in [2.75, 3.05) is 5.32 Å². The lowest BCUT2D eigenvalue weighted by Gasteiger charge is -2.26. The number of hydrogen-bond acceptors (Lipinski definition) is 3. The fourth-order valence-corrected chi connectivity index (χ4v) is 3.92. The van der Waals surface area contributed by atoms with E-state index >= 15 is 0 Å². The maximum atomic E-state index is 12.9. The Hall–Kier alpha value is -3.34. The number of ether oxygens (including phenoxy) is 1. The summed E-state index contributed by atoms with van der Waals surface area (Å²) in [6.07, 6.45) is 1.73. The Morgan fingerprint density at radius 2 is 1.62 bits per heavy atom. The van der Waals surface area contributed by atoms with Crippen molar-refractivity contribution in [1.82, 2.24) is 0 Å². The van der Waals surface area contributed by atoms with Crippen LogP contribution < -0.4 is 5.32 Å². The summed E-state index contributed by atoms with van der Waals surface area (Å²) in [5, 5.41) is 15.0. The molecular formula is C24H16ClNO3. The minimum Gasteiger partial charge on any atom is -0.453 e. The summed E-state index contributed by atoms with van der Waals surface area (Å²) in [5.41, 5.74) is 3.36. The second-order valence-corrected chi connectivity index (χ2v) is 7.36. The molecule has 0 spiro atoms. The van der Waals surface area contributed by atoms with Crippen LogP contribution in [0.25, 0.3) is 11.3 Å². The first-order valence-electron chi connectivity index (χ1n) is 9.16. The third kappa shape index (κ3) is 2.85. The molecule has 0 saturated heterocycles. The van der Waals surface area contributed by atoms with Gasteiger partial charge in [0.2, 0.25) is 0 Å². The van der Waals surface area contributed by atoms with E-state index in [-0.39, 0.29) is 5.91 Å². The first-order valence-corrected chi connectivity index (χ1v) is 9.54. The standard InChI is InChI=1S/C24H16ClNO3/c25-17-11-12-20-18(13-17)22(23(27)26-20)19-14-21(15-7-3-1-4-8-15)29-24(19,28)16-9-5-2-6-10-16/h1-14,28H,(H,26,27)/b22-19+. The Labute approximate surface area is 172 Å². The van der Waals surface area contributed by atoms with Gasteiger partial charge in [-0.15, -0.1) is 0 Å². The molecule has 1 atom stereocenters. The van der Waals surface area contributed by atoms with Gasteiger partial charge in [0.15, 0.2) is 0 Å². The lowest BCUT2D eigenvalue weighted by Crippen LogP contribution is -2.28. The van der Waals surface area contributed by atoms with E-state index in [1.807, 2.05) is 48.5 Å². The number of anilines is 1. The molecule has 0 aromatic heterocycles. The largest absolute Gasteiger partial charge is 0.453 e. The Balaban J connectivity index is 1.78. The van der Waals surface area contributed by atoms with Crippen LogP contribution >= 0.6 is 11.6 Å². The van der Waals surface area contributed by atoms with Gasteiger partial charge in [-0.2, -0.15) is 0 Å². The Morgan fingerprint density at radius 3 is 2.34 bits per heavy atom. The lowest BCUT2D eigenvalue weighted by molar-refractivity contribution is -0.121. The van der Waals surface area contributed by atoms with Crippen molar-refractivity contribution in [1.29, 1.82) is 0 Å². The van der Waals surface area contributed by atoms with E-state index < -0.39 is 5.79 Å². The maximum absolute atomic E-state index is 12.9. The van der Waals surface area contributed by atoms with Crippen LogP contribution in [0, 0.1) is 0 Å². The van der Waals surface area contributed by atoms with Crippen LogP contribution in [0.2, 0.25) is 5.02 Å². The number of amides is 1. The molecule has 142 valence electrons. The summed E-state index contributed by atoms with van der Waals surface area (Å²) in [4.78, 5) is 12.9. The molecule has 5 rings (SSSR count). The number of halogens is 1. The molecule has 2 aliphatic rings. The highest BCUT2D eigenvalue weighted by Gasteiger charge is 2.46. The van der Waals surface area contributed by atoms with Gasteiger partial charge in [0.05, 0.1) is 5.57 Å². The van der Waals surface area contributed by atoms with Crippen molar-refractivity contribution < 1.29 is 14.6 Å². The summed E-state index contributed by atoms with van der Waals surface area (Å²) in [6, 6.07) is 23.7. The molecule has 3 aromatic rings. The zero-order valence-corrected chi connectivity index (χ0v) is 16.0. The first kappa shape index (κ1) is 17.7. The number of hydrogen-bond donors (Lipinski definition) is 2. The Kier molecular flexibility index (Phi) is 4.05. The molecule has 2 N–H and O–H groups in total. The monoisotopic (exact) mass is 401 g/mol. The molecule has 2 heterocycles. The maximum Gasteiger partial charge on any atom is 0.262 e. The zero-order valence-electron chi connectivity index (χ0n) is 15.2. The fraction of sp³-hybridized carbons (Fsp3) is 0.0417. The van der Waals surface area contributed by atoms with Crippen molar-refractivity contribution in [3.63, 3.8) is 0 Å². The number of rotatable bonds is 2. The molecule has 0 fully saturated rings. The van der Waals surface area contributed by atoms with Gasteiger partial charge in [0.25, 0.3) is 11.7 Å². The highest BCUT2D eigenvalue weighted by Crippen LogP contribution is 2.48. The molecule has 2 aliphatic heterocycles. The molecule has 4 nitrogen and oxygen atoms in total. The van der Waals surface area contributed by atoms with E-state index in [1.165, 1.54) is 0 Å². The fourth-order valence-electron chi connectivity index (χ4n) is 3.74. The van der Waals surface area contributed by atoms with Gasteiger partial charge < -0.3 is 15.2 Å². The molecule has 1 unspecified atom stereocenters. The van der Waals surface area contributed by atoms with Crippen LogP contribution in [0.15, 0.2) is 90.5 Å². The van der Waals surface area contributed by atoms with Gasteiger partial charge >= 0.3 is 0 Å². The van der Waals surface area contributed by atoms with Crippen LogP contribution in [-0.2, 0) is 15.3 Å². The quantitative estimate of drug-likeness (QED) is 0.596. The van der Waals surface area contributed by atoms with Crippen LogP contribution in [0.5, 0.6) is 0 Å². The van der Waals surface area contributed by atoms with Crippen molar-refractivity contribution in [2.45, 2.75) is 5.79 Å². The number of carbonyl (C=O) groups is 1. The molecule has 0 saturated carbocycles. The molecule has 5 heteroatoms. The van der Waals surface area contributed by atoms with Gasteiger partial charge in [-0.1, -0.05) is 72.3 Å². The van der Waals surface area contributed by atoms with Crippen LogP contribution in [-0.4, -0.2) is 11.0 Å². The van der Waals surface area contributed by atoms with Crippen molar-refractivity contribution in [3.8, 4) is 0 Å². The van der Waals surface area contributed by atoms with Gasteiger partial charge in [-0.3, -0.25) is 4.79 Å². The average molecular weight is 402 g/mol. The number of benzene rings is 3. The molecule has 0 aliphatic carbocycles. The second-order valence-electron chi connectivity index (χ2n) is 6.92. The average Bonchev–Trinajstić information content (AvgIpc) is 3.26. The van der Waals surface area contributed by atoms with Crippen molar-refractivity contribution in [2.24, 2.45) is 0 Å². The normalized spacial score (nSPS) is 22.7. The smallest absolute Gasteiger partial charge is 0.262 e. The van der Waals surface area contributed by atoms with Gasteiger partial charge in [-0.05, 0) is 24.3 Å². The summed E-state index contributed by atoms with van der Waals surface area (Å²) < 4.78 is 6.09. The molecular weight excluding hydrogens is 386 g/mol. The van der Waals surface area contributed by atoms with E-state index in [0.717, 1.165) is 5.56 Å². The molecule has 0 bridgehead atoms. The SMILES string of the molecule is O=C1Nc2ccc(Cl)cc2/C1=C1/C=C(c2ccccc2)OC1(O)c1ccccc1. The highest BCUT2D eigenvalue weighted by atomic mass is 35.5. The summed E-state index contributed by atoms with van der Waals surface area (Å²) in [6.45, 7) is 0. The molecule has 29 heavy (non-hydrogen) atoms. The van der Waals surface area contributed by atoms with E-state index in [2.05, 4.69) is 5.32 Å². The second kappa shape index (κ2) is 6.62. The molecule has 1 amide bonds. The van der Waals surface area contributed by atoms with Gasteiger partial charge in [-0.25, -0.2) is 0 Å². The van der Waals surface area contributed by atoms with E-state index in [1.54, 1.807) is 36.4 Å². The first-order chi connectivity index (χ1) is 14.1. The molecule has 0 radical (unpaired) electrons. The van der Waals surface area contributed by atoms with E-state index in [0.29, 0.717) is 38.7 Å². The minimum absolute atomic E-state index is 0.305. The van der Waals surface area contributed by atoms with Crippen LogP contribution in [0.3, 0.4) is 0 Å². The predicted octanol–water partition coefficient (Wildman–Crippen LogP) is 4.96. The lowest BCUT2D eigenvalue weighted by atomic mass is 9.91. The summed E-state index contributed by atoms with van der Waals surface area (Å²) in [7, 11) is 0. The summed E-state index contributed by atoms with van der Waals surface area (Å²) >= 11 is 6.18. The van der Waals surface area contributed by atoms with Crippen molar-refractivity contribution in [3.05, 3.63) is 112 Å². The molecule has 3 aromatic carbocycles. The summed E-state index contributed by atoms with van der Waals surface area (Å²) in [5.74, 6) is -1.62. The van der Waals surface area contributed by atoms with Gasteiger partial charge in [0.1, 0.15) is 5.76 Å². The number of aliphatic hydroxyl groups is 1. The topological polar surface area (TPSA) is 58.6 Å². The van der Waals surface area contributed by atoms with Crippen molar-refractivity contribution >= 4 is 34.5 Å². The number of fused-ring (bicyclic) bond motifs is 1. The number of carbonyl (C=O) groups excluding carboxylic acids is 1. The highest BCUT2D eigenvalue weighted by molar-refractivity contribution is 6.35.